The summed E-state index contributed by atoms with van der Waals surface area (Å²) in [5, 5.41) is 1.58. The monoisotopic (exact) mass is 406 g/mol. The van der Waals surface area contributed by atoms with Gasteiger partial charge in [0.05, 0.1) is 23.0 Å². The first-order chi connectivity index (χ1) is 14.1. The van der Waals surface area contributed by atoms with E-state index >= 15 is 0 Å². The SMILES string of the molecule is Cc1ccc2nc(Cl)c(CN3CCc4nc(-c5ccco5)[nH]c(=O)c4C3)cc2c1. The Bertz CT molecular complexity index is 1260. The number of hydrogen-bond donors (Lipinski definition) is 1. The number of benzene rings is 1. The molecular weight excluding hydrogens is 388 g/mol. The van der Waals surface area contributed by atoms with Gasteiger partial charge in [0, 0.05) is 37.0 Å². The third-order valence-corrected chi connectivity index (χ3v) is 5.62. The molecule has 1 aliphatic rings. The number of H-pyrrole nitrogens is 1. The van der Waals surface area contributed by atoms with E-state index in [4.69, 9.17) is 16.0 Å². The first kappa shape index (κ1) is 18.1. The molecule has 0 amide bonds. The van der Waals surface area contributed by atoms with Crippen molar-refractivity contribution in [2.24, 2.45) is 0 Å². The number of aryl methyl sites for hydroxylation is 1. The average molecular weight is 407 g/mol. The second-order valence-corrected chi connectivity index (χ2v) is 7.77. The molecule has 0 spiro atoms. The summed E-state index contributed by atoms with van der Waals surface area (Å²) in [4.78, 5) is 26.8. The molecule has 4 aromatic rings. The molecule has 146 valence electrons. The van der Waals surface area contributed by atoms with Crippen molar-refractivity contribution in [3.05, 3.63) is 80.6 Å². The lowest BCUT2D eigenvalue weighted by molar-refractivity contribution is 0.241. The predicted octanol–water partition coefficient (Wildman–Crippen LogP) is 4.10. The van der Waals surface area contributed by atoms with Gasteiger partial charge in [-0.3, -0.25) is 9.69 Å². The molecule has 5 rings (SSSR count). The molecule has 0 bridgehead atoms. The Labute approximate surface area is 172 Å². The van der Waals surface area contributed by atoms with Crippen LogP contribution in [0.15, 0.2) is 51.9 Å². The zero-order valence-electron chi connectivity index (χ0n) is 15.9. The molecule has 29 heavy (non-hydrogen) atoms. The van der Waals surface area contributed by atoms with Crippen LogP contribution in [0.2, 0.25) is 5.15 Å². The number of nitrogens with zero attached hydrogens (tertiary/aromatic N) is 3. The average Bonchev–Trinajstić information content (AvgIpc) is 3.24. The van der Waals surface area contributed by atoms with Gasteiger partial charge in [-0.2, -0.15) is 0 Å². The highest BCUT2D eigenvalue weighted by atomic mass is 35.5. The normalized spacial score (nSPS) is 14.3. The number of pyridine rings is 1. The van der Waals surface area contributed by atoms with Crippen molar-refractivity contribution in [2.75, 3.05) is 6.54 Å². The topological polar surface area (TPSA) is 75.0 Å². The second-order valence-electron chi connectivity index (χ2n) is 7.41. The number of fused-ring (bicyclic) bond motifs is 2. The highest BCUT2D eigenvalue weighted by molar-refractivity contribution is 6.30. The lowest BCUT2D eigenvalue weighted by Crippen LogP contribution is -2.35. The smallest absolute Gasteiger partial charge is 0.256 e. The van der Waals surface area contributed by atoms with E-state index in [1.54, 1.807) is 18.4 Å². The minimum absolute atomic E-state index is 0.121. The van der Waals surface area contributed by atoms with Crippen LogP contribution in [-0.2, 0) is 19.5 Å². The van der Waals surface area contributed by atoms with Crippen LogP contribution < -0.4 is 5.56 Å². The van der Waals surface area contributed by atoms with Crippen LogP contribution >= 0.6 is 11.6 Å². The number of rotatable bonds is 3. The molecule has 1 N–H and O–H groups in total. The molecule has 0 saturated carbocycles. The molecule has 1 aliphatic heterocycles. The van der Waals surface area contributed by atoms with Gasteiger partial charge in [-0.05, 0) is 37.3 Å². The Morgan fingerprint density at radius 1 is 1.24 bits per heavy atom. The Hall–Kier alpha value is -2.96. The quantitative estimate of drug-likeness (QED) is 0.518. The van der Waals surface area contributed by atoms with Crippen molar-refractivity contribution in [2.45, 2.75) is 26.4 Å². The Morgan fingerprint density at radius 3 is 2.97 bits per heavy atom. The van der Waals surface area contributed by atoms with E-state index in [0.717, 1.165) is 28.7 Å². The molecule has 6 nitrogen and oxygen atoms in total. The van der Waals surface area contributed by atoms with E-state index in [-0.39, 0.29) is 5.56 Å². The number of aromatic nitrogens is 3. The summed E-state index contributed by atoms with van der Waals surface area (Å²) in [5.74, 6) is 1.04. The molecule has 0 unspecified atom stereocenters. The molecular formula is C22H19ClN4O2. The summed E-state index contributed by atoms with van der Waals surface area (Å²) in [5.41, 5.74) is 4.44. The minimum Gasteiger partial charge on any atom is -0.461 e. The fraction of sp³-hybridized carbons (Fsp3) is 0.227. The van der Waals surface area contributed by atoms with Crippen LogP contribution in [-0.4, -0.2) is 26.4 Å². The Kier molecular flexibility index (Phi) is 4.45. The highest BCUT2D eigenvalue weighted by Crippen LogP contribution is 2.25. The maximum absolute atomic E-state index is 12.7. The molecule has 4 heterocycles. The number of aromatic amines is 1. The van der Waals surface area contributed by atoms with E-state index < -0.39 is 0 Å². The van der Waals surface area contributed by atoms with Crippen molar-refractivity contribution < 1.29 is 4.42 Å². The first-order valence-electron chi connectivity index (χ1n) is 9.51. The predicted molar refractivity (Wildman–Crippen MR) is 112 cm³/mol. The maximum Gasteiger partial charge on any atom is 0.256 e. The molecule has 3 aromatic heterocycles. The minimum atomic E-state index is -0.121. The molecule has 0 fully saturated rings. The zero-order chi connectivity index (χ0) is 20.0. The van der Waals surface area contributed by atoms with E-state index in [1.165, 1.54) is 5.56 Å². The van der Waals surface area contributed by atoms with E-state index in [2.05, 4.69) is 38.9 Å². The summed E-state index contributed by atoms with van der Waals surface area (Å²) in [6.45, 7) is 4.02. The highest BCUT2D eigenvalue weighted by Gasteiger charge is 2.23. The van der Waals surface area contributed by atoms with Crippen LogP contribution in [0.25, 0.3) is 22.5 Å². The molecule has 1 aromatic carbocycles. The molecule has 0 atom stereocenters. The second kappa shape index (κ2) is 7.13. The number of nitrogens with one attached hydrogen (secondary N) is 1. The molecule has 7 heteroatoms. The molecule has 0 radical (unpaired) electrons. The van der Waals surface area contributed by atoms with Crippen LogP contribution in [0.5, 0.6) is 0 Å². The standard InChI is InChI=1S/C22H19ClN4O2/c1-13-4-5-17-14(9-13)10-15(20(23)24-17)11-27-7-6-18-16(12-27)22(28)26-21(25-18)19-3-2-8-29-19/h2-5,8-10H,6-7,11-12H2,1H3,(H,25,26,28). The Balaban J connectivity index is 1.42. The fourth-order valence-corrected chi connectivity index (χ4v) is 4.02. The lowest BCUT2D eigenvalue weighted by atomic mass is 10.1. The summed E-state index contributed by atoms with van der Waals surface area (Å²) < 4.78 is 5.36. The molecule has 0 saturated heterocycles. The van der Waals surface area contributed by atoms with Gasteiger partial charge in [-0.25, -0.2) is 9.97 Å². The van der Waals surface area contributed by atoms with Crippen LogP contribution in [0.4, 0.5) is 0 Å². The van der Waals surface area contributed by atoms with Crippen molar-refractivity contribution in [3.8, 4) is 11.6 Å². The van der Waals surface area contributed by atoms with Crippen LogP contribution in [0.3, 0.4) is 0 Å². The zero-order valence-corrected chi connectivity index (χ0v) is 16.7. The Morgan fingerprint density at radius 2 is 2.14 bits per heavy atom. The van der Waals surface area contributed by atoms with Crippen LogP contribution in [0.1, 0.15) is 22.4 Å². The van der Waals surface area contributed by atoms with Gasteiger partial charge in [-0.15, -0.1) is 0 Å². The largest absolute Gasteiger partial charge is 0.461 e. The lowest BCUT2D eigenvalue weighted by Gasteiger charge is -2.27. The van der Waals surface area contributed by atoms with E-state index in [1.807, 2.05) is 12.1 Å². The van der Waals surface area contributed by atoms with Gasteiger partial charge in [0.25, 0.3) is 5.56 Å². The first-order valence-corrected chi connectivity index (χ1v) is 9.89. The van der Waals surface area contributed by atoms with Gasteiger partial charge in [-0.1, -0.05) is 23.2 Å². The van der Waals surface area contributed by atoms with Gasteiger partial charge in [0.2, 0.25) is 0 Å². The summed E-state index contributed by atoms with van der Waals surface area (Å²) in [6, 6.07) is 11.8. The van der Waals surface area contributed by atoms with E-state index in [0.29, 0.717) is 41.8 Å². The summed E-state index contributed by atoms with van der Waals surface area (Å²) >= 11 is 6.44. The molecule has 0 aliphatic carbocycles. The third kappa shape index (κ3) is 3.45. The van der Waals surface area contributed by atoms with Gasteiger partial charge in [0.1, 0.15) is 5.15 Å². The number of furan rings is 1. The number of halogens is 1. The van der Waals surface area contributed by atoms with Gasteiger partial charge >= 0.3 is 0 Å². The van der Waals surface area contributed by atoms with Crippen molar-refractivity contribution in [3.63, 3.8) is 0 Å². The maximum atomic E-state index is 12.7. The van der Waals surface area contributed by atoms with Crippen molar-refractivity contribution >= 4 is 22.5 Å². The van der Waals surface area contributed by atoms with Gasteiger partial charge in [0.15, 0.2) is 11.6 Å². The third-order valence-electron chi connectivity index (χ3n) is 5.29. The number of hydrogen-bond acceptors (Lipinski definition) is 5. The van der Waals surface area contributed by atoms with E-state index in [9.17, 15) is 4.79 Å². The fourth-order valence-electron chi connectivity index (χ4n) is 3.81. The van der Waals surface area contributed by atoms with Crippen LogP contribution in [0, 0.1) is 6.92 Å². The van der Waals surface area contributed by atoms with Crippen molar-refractivity contribution in [1.82, 2.24) is 19.9 Å². The summed E-state index contributed by atoms with van der Waals surface area (Å²) in [7, 11) is 0. The van der Waals surface area contributed by atoms with Crippen molar-refractivity contribution in [1.29, 1.82) is 0 Å². The summed E-state index contributed by atoms with van der Waals surface area (Å²) in [6.07, 6.45) is 2.27. The van der Waals surface area contributed by atoms with Gasteiger partial charge < -0.3 is 9.40 Å².